The van der Waals surface area contributed by atoms with Gasteiger partial charge in [0.05, 0.1) is 11.6 Å². The van der Waals surface area contributed by atoms with Gasteiger partial charge in [0.15, 0.2) is 0 Å². The number of rotatable bonds is 4. The molecule has 1 heterocycles. The smallest absolute Gasteiger partial charge is 0.306 e. The van der Waals surface area contributed by atoms with Gasteiger partial charge in [-0.1, -0.05) is 17.7 Å². The maximum absolute atomic E-state index is 11.1. The van der Waals surface area contributed by atoms with Crippen LogP contribution < -0.4 is 4.74 Å². The first kappa shape index (κ1) is 14.1. The molecule has 2 aromatic rings. The Morgan fingerprint density at radius 2 is 2.19 bits per heavy atom. The largest absolute Gasteiger partial charge is 0.486 e. The molecule has 1 aliphatic carbocycles. The predicted octanol–water partition coefficient (Wildman–Crippen LogP) is 3.22. The van der Waals surface area contributed by atoms with Gasteiger partial charge in [-0.3, -0.25) is 4.79 Å². The maximum Gasteiger partial charge on any atom is 0.306 e. The second kappa shape index (κ2) is 5.85. The second-order valence-electron chi connectivity index (χ2n) is 5.36. The molecular formula is C16H17NO3S. The van der Waals surface area contributed by atoms with Gasteiger partial charge in [0, 0.05) is 4.88 Å². The molecule has 3 rings (SSSR count). The number of carboxylic acids is 1. The summed E-state index contributed by atoms with van der Waals surface area (Å²) in [5, 5.41) is 10.0. The van der Waals surface area contributed by atoms with Crippen molar-refractivity contribution in [3.8, 4) is 5.75 Å². The third-order valence-electron chi connectivity index (χ3n) is 3.72. The van der Waals surface area contributed by atoms with E-state index in [0.717, 1.165) is 27.7 Å². The lowest BCUT2D eigenvalue weighted by Crippen LogP contribution is -2.21. The Morgan fingerprint density at radius 3 is 2.90 bits per heavy atom. The Kier molecular flexibility index (Phi) is 3.92. The van der Waals surface area contributed by atoms with E-state index < -0.39 is 5.97 Å². The molecule has 0 saturated heterocycles. The van der Waals surface area contributed by atoms with E-state index in [1.807, 2.05) is 31.2 Å². The minimum Gasteiger partial charge on any atom is -0.486 e. The summed E-state index contributed by atoms with van der Waals surface area (Å²) >= 11 is 1.58. The minimum absolute atomic E-state index is 0.260. The Hall–Kier alpha value is -1.88. The molecule has 0 aliphatic heterocycles. The van der Waals surface area contributed by atoms with Crippen LogP contribution in [0.15, 0.2) is 24.3 Å². The van der Waals surface area contributed by atoms with E-state index in [9.17, 15) is 4.79 Å². The summed E-state index contributed by atoms with van der Waals surface area (Å²) in [4.78, 5) is 16.8. The van der Waals surface area contributed by atoms with Crippen molar-refractivity contribution in [2.45, 2.75) is 32.8 Å². The average molecular weight is 303 g/mol. The van der Waals surface area contributed by atoms with Gasteiger partial charge in [-0.15, -0.1) is 11.3 Å². The van der Waals surface area contributed by atoms with E-state index in [1.165, 1.54) is 5.56 Å². The summed E-state index contributed by atoms with van der Waals surface area (Å²) < 4.78 is 5.73. The highest BCUT2D eigenvalue weighted by Crippen LogP contribution is 2.30. The van der Waals surface area contributed by atoms with E-state index in [2.05, 4.69) is 4.98 Å². The molecule has 1 N–H and O–H groups in total. The standard InChI is InChI=1S/C16H17NO3S/c1-10-2-5-12(6-3-10)20-9-15-17-13-7-4-11(16(18)19)8-14(13)21-15/h2-3,5-6,11H,4,7-9H2,1H3,(H,18,19). The predicted molar refractivity (Wildman–Crippen MR) is 80.8 cm³/mol. The summed E-state index contributed by atoms with van der Waals surface area (Å²) in [5.74, 6) is -0.132. The molecule has 0 amide bonds. The zero-order valence-electron chi connectivity index (χ0n) is 11.8. The molecule has 0 fully saturated rings. The topological polar surface area (TPSA) is 59.4 Å². The fourth-order valence-electron chi connectivity index (χ4n) is 2.48. The van der Waals surface area contributed by atoms with Crippen LogP contribution in [0.1, 0.15) is 27.6 Å². The Balaban J connectivity index is 1.65. The first-order chi connectivity index (χ1) is 10.1. The highest BCUT2D eigenvalue weighted by atomic mass is 32.1. The molecule has 1 unspecified atom stereocenters. The Morgan fingerprint density at radius 1 is 1.43 bits per heavy atom. The molecule has 110 valence electrons. The second-order valence-corrected chi connectivity index (χ2v) is 6.53. The van der Waals surface area contributed by atoms with Gasteiger partial charge < -0.3 is 9.84 Å². The molecule has 21 heavy (non-hydrogen) atoms. The van der Waals surface area contributed by atoms with Crippen LogP contribution in [0.5, 0.6) is 5.75 Å². The van der Waals surface area contributed by atoms with Crippen LogP contribution in [-0.2, 0) is 24.2 Å². The highest BCUT2D eigenvalue weighted by molar-refractivity contribution is 7.11. The van der Waals surface area contributed by atoms with Crippen molar-refractivity contribution in [1.29, 1.82) is 0 Å². The molecule has 5 heteroatoms. The van der Waals surface area contributed by atoms with Crippen LogP contribution >= 0.6 is 11.3 Å². The molecule has 0 radical (unpaired) electrons. The lowest BCUT2D eigenvalue weighted by atomic mass is 9.91. The van der Waals surface area contributed by atoms with Gasteiger partial charge in [-0.05, 0) is 38.3 Å². The molecule has 1 aliphatic rings. The lowest BCUT2D eigenvalue weighted by molar-refractivity contribution is -0.142. The van der Waals surface area contributed by atoms with Crippen LogP contribution in [0.25, 0.3) is 0 Å². The maximum atomic E-state index is 11.1. The fourth-order valence-corrected chi connectivity index (χ4v) is 3.59. The summed E-state index contributed by atoms with van der Waals surface area (Å²) in [7, 11) is 0. The van der Waals surface area contributed by atoms with Crippen molar-refractivity contribution in [3.63, 3.8) is 0 Å². The van der Waals surface area contributed by atoms with Crippen molar-refractivity contribution in [3.05, 3.63) is 45.4 Å². The van der Waals surface area contributed by atoms with Crippen LogP contribution in [0.3, 0.4) is 0 Å². The minimum atomic E-state index is -0.702. The first-order valence-electron chi connectivity index (χ1n) is 7.01. The highest BCUT2D eigenvalue weighted by Gasteiger charge is 2.27. The molecule has 4 nitrogen and oxygen atoms in total. The molecule has 0 spiro atoms. The Bertz CT molecular complexity index is 648. The number of fused-ring (bicyclic) bond motifs is 1. The van der Waals surface area contributed by atoms with E-state index in [-0.39, 0.29) is 5.92 Å². The van der Waals surface area contributed by atoms with Gasteiger partial charge in [0.2, 0.25) is 0 Å². The number of nitrogens with zero attached hydrogens (tertiary/aromatic N) is 1. The molecule has 1 aromatic heterocycles. The zero-order valence-corrected chi connectivity index (χ0v) is 12.7. The van der Waals surface area contributed by atoms with Crippen molar-refractivity contribution >= 4 is 17.3 Å². The van der Waals surface area contributed by atoms with Gasteiger partial charge in [-0.25, -0.2) is 4.98 Å². The third kappa shape index (κ3) is 3.24. The average Bonchev–Trinajstić information content (AvgIpc) is 2.88. The number of hydrogen-bond acceptors (Lipinski definition) is 4. The van der Waals surface area contributed by atoms with Crippen molar-refractivity contribution in [2.75, 3.05) is 0 Å². The van der Waals surface area contributed by atoms with E-state index in [1.54, 1.807) is 11.3 Å². The van der Waals surface area contributed by atoms with Crippen molar-refractivity contribution in [2.24, 2.45) is 5.92 Å². The van der Waals surface area contributed by atoms with Crippen molar-refractivity contribution in [1.82, 2.24) is 4.98 Å². The SMILES string of the molecule is Cc1ccc(OCc2nc3c(s2)CC(C(=O)O)CC3)cc1. The van der Waals surface area contributed by atoms with Gasteiger partial charge in [0.25, 0.3) is 0 Å². The number of thiazole rings is 1. The summed E-state index contributed by atoms with van der Waals surface area (Å²) in [6.07, 6.45) is 2.05. The van der Waals surface area contributed by atoms with Gasteiger partial charge in [0.1, 0.15) is 17.4 Å². The number of ether oxygens (including phenoxy) is 1. The number of aliphatic carboxylic acids is 1. The zero-order chi connectivity index (χ0) is 14.8. The van der Waals surface area contributed by atoms with Crippen LogP contribution in [-0.4, -0.2) is 16.1 Å². The van der Waals surface area contributed by atoms with Crippen LogP contribution in [0.4, 0.5) is 0 Å². The van der Waals surface area contributed by atoms with E-state index in [4.69, 9.17) is 9.84 Å². The number of carboxylic acid groups (broad SMARTS) is 1. The summed E-state index contributed by atoms with van der Waals surface area (Å²) in [6.45, 7) is 2.48. The Labute approximate surface area is 127 Å². The third-order valence-corrected chi connectivity index (χ3v) is 4.81. The summed E-state index contributed by atoms with van der Waals surface area (Å²) in [5.41, 5.74) is 2.26. The number of carbonyl (C=O) groups is 1. The van der Waals surface area contributed by atoms with E-state index in [0.29, 0.717) is 19.4 Å². The molecule has 0 saturated carbocycles. The van der Waals surface area contributed by atoms with Crippen LogP contribution in [0.2, 0.25) is 0 Å². The van der Waals surface area contributed by atoms with Gasteiger partial charge in [-0.2, -0.15) is 0 Å². The molecular weight excluding hydrogens is 286 g/mol. The summed E-state index contributed by atoms with van der Waals surface area (Å²) in [6, 6.07) is 7.92. The van der Waals surface area contributed by atoms with E-state index >= 15 is 0 Å². The number of aryl methyl sites for hydroxylation is 2. The lowest BCUT2D eigenvalue weighted by Gasteiger charge is -2.16. The molecule has 1 atom stereocenters. The quantitative estimate of drug-likeness (QED) is 0.942. The fraction of sp³-hybridized carbons (Fsp3) is 0.375. The molecule has 0 bridgehead atoms. The molecule has 1 aromatic carbocycles. The van der Waals surface area contributed by atoms with Crippen LogP contribution in [0, 0.1) is 12.8 Å². The van der Waals surface area contributed by atoms with Crippen molar-refractivity contribution < 1.29 is 14.6 Å². The normalized spacial score (nSPS) is 17.3. The monoisotopic (exact) mass is 303 g/mol. The number of hydrogen-bond donors (Lipinski definition) is 1. The number of benzene rings is 1. The van der Waals surface area contributed by atoms with Gasteiger partial charge >= 0.3 is 5.97 Å². The number of aromatic nitrogens is 1. The first-order valence-corrected chi connectivity index (χ1v) is 7.83.